The third kappa shape index (κ3) is 6.00. The van der Waals surface area contributed by atoms with Crippen LogP contribution < -0.4 is 0 Å². The lowest BCUT2D eigenvalue weighted by atomic mass is 9.34. The van der Waals surface area contributed by atoms with E-state index in [-0.39, 0.29) is 46.7 Å². The van der Waals surface area contributed by atoms with Gasteiger partial charge in [0.2, 0.25) is 6.29 Å². The quantitative estimate of drug-likeness (QED) is 0.184. The zero-order chi connectivity index (χ0) is 40.2. The van der Waals surface area contributed by atoms with E-state index in [1.54, 1.807) is 0 Å². The first kappa shape index (κ1) is 41.7. The van der Waals surface area contributed by atoms with Crippen molar-refractivity contribution in [3.8, 4) is 0 Å². The molecule has 7 aliphatic rings. The summed E-state index contributed by atoms with van der Waals surface area (Å²) in [7, 11) is 0. The minimum absolute atomic E-state index is 0.0181. The van der Waals surface area contributed by atoms with Crippen molar-refractivity contribution in [1.29, 1.82) is 0 Å². The smallest absolute Gasteiger partial charge is 0.318 e. The normalized spacial score (nSPS) is 52.2. The number of ether oxygens (including phenoxy) is 3. The zero-order valence-corrected chi connectivity index (χ0v) is 33.9. The maximum atomic E-state index is 14.6. The molecule has 1 saturated heterocycles. The molecule has 55 heavy (non-hydrogen) atoms. The van der Waals surface area contributed by atoms with Crippen molar-refractivity contribution in [2.75, 3.05) is 13.2 Å². The van der Waals surface area contributed by atoms with E-state index in [4.69, 9.17) is 14.2 Å². The molecule has 8 N–H and O–H groups in total. The fourth-order valence-corrected chi connectivity index (χ4v) is 13.6. The molecule has 4 saturated carbocycles. The number of esters is 1. The summed E-state index contributed by atoms with van der Waals surface area (Å²) in [6.45, 7) is 15.4. The van der Waals surface area contributed by atoms with Crippen molar-refractivity contribution < 1.29 is 59.9 Å². The topological polar surface area (TPSA) is 207 Å². The van der Waals surface area contributed by atoms with Crippen LogP contribution in [0.3, 0.4) is 0 Å². The molecule has 0 aromatic rings. The van der Waals surface area contributed by atoms with Crippen LogP contribution in [0.4, 0.5) is 0 Å². The molecule has 6 aliphatic carbocycles. The van der Waals surface area contributed by atoms with Gasteiger partial charge in [0.15, 0.2) is 0 Å². The maximum absolute atomic E-state index is 14.6. The van der Waals surface area contributed by atoms with Crippen LogP contribution in [0.25, 0.3) is 0 Å². The number of hydrogen-bond acceptors (Lipinski definition) is 12. The average molecular weight is 777 g/mol. The molecule has 12 heteroatoms. The predicted molar refractivity (Wildman–Crippen MR) is 201 cm³/mol. The van der Waals surface area contributed by atoms with Gasteiger partial charge in [0, 0.05) is 12.5 Å². The van der Waals surface area contributed by atoms with E-state index in [0.717, 1.165) is 50.5 Å². The van der Waals surface area contributed by atoms with Crippen LogP contribution in [0.15, 0.2) is 22.8 Å². The van der Waals surface area contributed by atoms with Gasteiger partial charge in [0.25, 0.3) is 0 Å². The molecule has 0 spiro atoms. The summed E-state index contributed by atoms with van der Waals surface area (Å²) in [6.07, 6.45) is -2.17. The lowest BCUT2D eigenvalue weighted by Gasteiger charge is -2.70. The fraction of sp³-hybridized carbons (Fsp3) is 0.884. The van der Waals surface area contributed by atoms with Crippen LogP contribution in [0.5, 0.6) is 0 Å². The number of rotatable bonds is 6. The molecule has 0 aromatic heterocycles. The van der Waals surface area contributed by atoms with Crippen LogP contribution in [-0.4, -0.2) is 121 Å². The molecule has 0 radical (unpaired) electrons. The van der Waals surface area contributed by atoms with Crippen LogP contribution in [-0.2, 0) is 19.0 Å². The third-order valence-electron chi connectivity index (χ3n) is 17.5. The van der Waals surface area contributed by atoms with Gasteiger partial charge in [-0.25, -0.2) is 0 Å². The SMILES string of the molecule is CC1=C2C3=CC[C@@H]4[C@]5(C)CC[C@H](O[C@@H]6C[C@H](CO)[C@@H](O)[C@@H](O)[C@H]6O)C(C)(C)[C@H]5CC[C@@]4(C)[C@]3(C)CC[C@@]2(C(=O)O[C@@H]2O[C@H](CO)[C@@H](O)[C@@H](O)[C@H]2O)CC[C@H]1C. The van der Waals surface area contributed by atoms with E-state index in [0.29, 0.717) is 24.7 Å². The summed E-state index contributed by atoms with van der Waals surface area (Å²) in [5, 5.41) is 83.2. The molecule has 18 atom stereocenters. The third-order valence-corrected chi connectivity index (χ3v) is 17.5. The highest BCUT2D eigenvalue weighted by Gasteiger charge is 2.69. The van der Waals surface area contributed by atoms with Gasteiger partial charge in [-0.3, -0.25) is 4.79 Å². The van der Waals surface area contributed by atoms with Gasteiger partial charge in [-0.15, -0.1) is 0 Å². The van der Waals surface area contributed by atoms with Gasteiger partial charge >= 0.3 is 5.97 Å². The van der Waals surface area contributed by atoms with E-state index in [9.17, 15) is 45.6 Å². The van der Waals surface area contributed by atoms with Crippen LogP contribution in [0, 0.1) is 50.7 Å². The number of hydrogen-bond donors (Lipinski definition) is 8. The Morgan fingerprint density at radius 3 is 2.16 bits per heavy atom. The minimum Gasteiger partial charge on any atom is -0.432 e. The Labute approximate surface area is 326 Å². The monoisotopic (exact) mass is 776 g/mol. The Balaban J connectivity index is 1.17. The molecule has 0 bridgehead atoms. The minimum atomic E-state index is -1.66. The molecule has 7 rings (SSSR count). The van der Waals surface area contributed by atoms with Gasteiger partial charge in [-0.2, -0.15) is 0 Å². The van der Waals surface area contributed by atoms with Gasteiger partial charge in [-0.1, -0.05) is 53.2 Å². The first-order chi connectivity index (χ1) is 25.7. The number of allylic oxidation sites excluding steroid dienone is 3. The van der Waals surface area contributed by atoms with Crippen molar-refractivity contribution in [2.24, 2.45) is 50.7 Å². The van der Waals surface area contributed by atoms with Crippen LogP contribution in [0.1, 0.15) is 113 Å². The molecular formula is C43H68O12. The Bertz CT molecular complexity index is 1540. The van der Waals surface area contributed by atoms with Crippen molar-refractivity contribution in [3.63, 3.8) is 0 Å². The van der Waals surface area contributed by atoms with Crippen LogP contribution in [0.2, 0.25) is 0 Å². The van der Waals surface area contributed by atoms with Gasteiger partial charge in [-0.05, 0) is 122 Å². The maximum Gasteiger partial charge on any atom is 0.318 e. The van der Waals surface area contributed by atoms with E-state index in [1.165, 1.54) is 11.1 Å². The lowest BCUT2D eigenvalue weighted by molar-refractivity contribution is -0.295. The van der Waals surface area contributed by atoms with E-state index < -0.39 is 79.0 Å². The Morgan fingerprint density at radius 2 is 1.49 bits per heavy atom. The number of aliphatic hydroxyl groups is 8. The molecule has 1 aliphatic heterocycles. The van der Waals surface area contributed by atoms with E-state index in [2.05, 4.69) is 54.5 Å². The van der Waals surface area contributed by atoms with Gasteiger partial charge < -0.3 is 55.1 Å². The Hall–Kier alpha value is -1.45. The molecule has 5 fully saturated rings. The number of aliphatic hydroxyl groups excluding tert-OH is 8. The Kier molecular flexibility index (Phi) is 10.9. The highest BCUT2D eigenvalue weighted by molar-refractivity contribution is 5.84. The second kappa shape index (κ2) is 14.4. The highest BCUT2D eigenvalue weighted by atomic mass is 16.7. The second-order valence-electron chi connectivity index (χ2n) is 20.1. The predicted octanol–water partition coefficient (Wildman–Crippen LogP) is 2.90. The zero-order valence-electron chi connectivity index (χ0n) is 33.9. The first-order valence-electron chi connectivity index (χ1n) is 21.0. The van der Waals surface area contributed by atoms with Crippen LogP contribution >= 0.6 is 0 Å². The summed E-state index contributed by atoms with van der Waals surface area (Å²) in [6, 6.07) is 0. The number of carbonyl (C=O) groups excluding carboxylic acids is 1. The summed E-state index contributed by atoms with van der Waals surface area (Å²) < 4.78 is 18.3. The van der Waals surface area contributed by atoms with Gasteiger partial charge in [0.1, 0.15) is 36.6 Å². The summed E-state index contributed by atoms with van der Waals surface area (Å²) in [5.41, 5.74) is 1.94. The van der Waals surface area contributed by atoms with E-state index in [1.807, 2.05) is 0 Å². The van der Waals surface area contributed by atoms with Crippen molar-refractivity contribution in [1.82, 2.24) is 0 Å². The molecule has 0 unspecified atom stereocenters. The molecule has 0 aromatic carbocycles. The molecule has 1 heterocycles. The average Bonchev–Trinajstić information content (AvgIpc) is 3.14. The molecule has 12 nitrogen and oxygen atoms in total. The van der Waals surface area contributed by atoms with E-state index >= 15 is 0 Å². The lowest BCUT2D eigenvalue weighted by Crippen LogP contribution is -2.65. The standard InChI is InChI=1S/C43H68O12/c1-21-10-15-43(38(52)55-37-36(51)35(50)33(48)26(20-45)54-37)17-16-41(6)24(30(43)22(21)2)8-9-28-40(5)13-12-29(39(3,4)27(40)11-14-42(28,41)7)53-25-18-23(19-44)31(46)34(49)32(25)47/h8,21,23,25-29,31-37,44-51H,9-20H2,1-7H3/t21-,23-,25-,26-,27-,28-,29+,31-,32+,33-,34-,35-,36-,37+,40-,41-,42-,43+/m1/s1. The Morgan fingerprint density at radius 1 is 0.800 bits per heavy atom. The molecular weight excluding hydrogens is 708 g/mol. The van der Waals surface area contributed by atoms with Crippen molar-refractivity contribution in [3.05, 3.63) is 22.8 Å². The van der Waals surface area contributed by atoms with Gasteiger partial charge in [0.05, 0.1) is 30.3 Å². The first-order valence-corrected chi connectivity index (χ1v) is 21.0. The summed E-state index contributed by atoms with van der Waals surface area (Å²) in [5.74, 6) is -0.110. The second-order valence-corrected chi connectivity index (χ2v) is 20.1. The number of fused-ring (bicyclic) bond motifs is 7. The summed E-state index contributed by atoms with van der Waals surface area (Å²) >= 11 is 0. The summed E-state index contributed by atoms with van der Waals surface area (Å²) in [4.78, 5) is 14.6. The largest absolute Gasteiger partial charge is 0.432 e. The number of carbonyl (C=O) groups is 1. The molecule has 0 amide bonds. The molecule has 312 valence electrons. The van der Waals surface area contributed by atoms with Crippen molar-refractivity contribution >= 4 is 5.97 Å². The van der Waals surface area contributed by atoms with Crippen molar-refractivity contribution in [2.45, 2.75) is 174 Å². The fourth-order valence-electron chi connectivity index (χ4n) is 13.6. The highest BCUT2D eigenvalue weighted by Crippen LogP contribution is 2.75.